The Morgan fingerprint density at radius 1 is 1.29 bits per heavy atom. The highest BCUT2D eigenvalue weighted by molar-refractivity contribution is 8.15. The number of ether oxygens (including phenoxy) is 1. The molecule has 0 aromatic carbocycles. The number of carbonyl (C=O) groups excluding carboxylic acids is 4. The number of methoxy groups -OCH3 is 1. The number of hydrogen-bond donors (Lipinski definition) is 2. The lowest BCUT2D eigenvalue weighted by atomic mass is 10.4. The molecule has 0 aliphatic carbocycles. The molecule has 0 atom stereocenters. The highest BCUT2D eigenvalue weighted by Gasteiger charge is 2.13. The summed E-state index contributed by atoms with van der Waals surface area (Å²) in [5.41, 5.74) is 0. The molecular weight excluding hydrogens is 248 g/mol. The van der Waals surface area contributed by atoms with Gasteiger partial charge in [0.25, 0.3) is 5.12 Å². The van der Waals surface area contributed by atoms with Crippen LogP contribution in [0, 0.1) is 0 Å². The van der Waals surface area contributed by atoms with Gasteiger partial charge in [-0.2, -0.15) is 0 Å². The summed E-state index contributed by atoms with van der Waals surface area (Å²) in [6.07, 6.45) is 0.687. The summed E-state index contributed by atoms with van der Waals surface area (Å²) in [6.45, 7) is 0.539. The molecular formula is C9H14N2O5S. The first kappa shape index (κ1) is 15.4. The lowest BCUT2D eigenvalue weighted by molar-refractivity contribution is -0.147. The molecule has 7 nitrogen and oxygen atoms in total. The third-order valence-corrected chi connectivity index (χ3v) is 2.43. The van der Waals surface area contributed by atoms with Crippen molar-refractivity contribution in [2.24, 2.45) is 0 Å². The molecule has 0 rings (SSSR count). The minimum absolute atomic E-state index is 0.175. The number of amides is 2. The number of esters is 1. The van der Waals surface area contributed by atoms with Crippen LogP contribution in [0.5, 0.6) is 0 Å². The molecule has 0 bridgehead atoms. The standard InChI is InChI=1S/C9H14N2O5S/c1-16-8(14)9(15)17-5-4-11-7(13)2-3-10-6-12/h6H,2-5H2,1H3,(H,10,12)(H,11,13). The predicted octanol–water partition coefficient (Wildman–Crippen LogP) is -1.33. The summed E-state index contributed by atoms with van der Waals surface area (Å²) >= 11 is 0.779. The number of carbonyl (C=O) groups is 4. The molecule has 8 heteroatoms. The molecule has 0 saturated heterocycles. The Morgan fingerprint density at radius 2 is 2.00 bits per heavy atom. The van der Waals surface area contributed by atoms with Crippen molar-refractivity contribution in [3.63, 3.8) is 0 Å². The molecule has 0 aromatic rings. The normalized spacial score (nSPS) is 9.24. The zero-order chi connectivity index (χ0) is 13.1. The van der Waals surface area contributed by atoms with E-state index in [2.05, 4.69) is 15.4 Å². The maximum atomic E-state index is 11.1. The smallest absolute Gasteiger partial charge is 0.385 e. The van der Waals surface area contributed by atoms with E-state index in [1.807, 2.05) is 0 Å². The number of rotatable bonds is 7. The van der Waals surface area contributed by atoms with E-state index in [-0.39, 0.29) is 25.4 Å². The van der Waals surface area contributed by atoms with E-state index in [1.165, 1.54) is 0 Å². The molecule has 0 heterocycles. The number of thioether (sulfide) groups is 1. The van der Waals surface area contributed by atoms with E-state index in [0.717, 1.165) is 18.9 Å². The fraction of sp³-hybridized carbons (Fsp3) is 0.556. The maximum Gasteiger partial charge on any atom is 0.385 e. The largest absolute Gasteiger partial charge is 0.463 e. The van der Waals surface area contributed by atoms with Gasteiger partial charge in [0.1, 0.15) is 0 Å². The van der Waals surface area contributed by atoms with Crippen molar-refractivity contribution in [3.05, 3.63) is 0 Å². The van der Waals surface area contributed by atoms with Crippen molar-refractivity contribution < 1.29 is 23.9 Å². The van der Waals surface area contributed by atoms with E-state index < -0.39 is 11.1 Å². The molecule has 0 aliphatic heterocycles. The zero-order valence-corrected chi connectivity index (χ0v) is 10.2. The van der Waals surface area contributed by atoms with Crippen LogP contribution >= 0.6 is 11.8 Å². The highest BCUT2D eigenvalue weighted by Crippen LogP contribution is 2.01. The number of hydrogen-bond acceptors (Lipinski definition) is 6. The monoisotopic (exact) mass is 262 g/mol. The third kappa shape index (κ3) is 8.26. The van der Waals surface area contributed by atoms with Crippen LogP contribution in [-0.4, -0.2) is 49.4 Å². The van der Waals surface area contributed by atoms with E-state index in [1.54, 1.807) is 0 Å². The quantitative estimate of drug-likeness (QED) is 0.255. The average molecular weight is 262 g/mol. The Kier molecular flexibility index (Phi) is 8.75. The lowest BCUT2D eigenvalue weighted by Crippen LogP contribution is -2.29. The van der Waals surface area contributed by atoms with E-state index in [4.69, 9.17) is 0 Å². The Bertz CT molecular complexity index is 295. The van der Waals surface area contributed by atoms with Crippen LogP contribution in [0.3, 0.4) is 0 Å². The number of nitrogens with one attached hydrogen (secondary N) is 2. The first-order chi connectivity index (χ1) is 8.11. The van der Waals surface area contributed by atoms with Crippen LogP contribution in [0.25, 0.3) is 0 Å². The van der Waals surface area contributed by atoms with Crippen LogP contribution < -0.4 is 10.6 Å². The second kappa shape index (κ2) is 9.64. The van der Waals surface area contributed by atoms with Gasteiger partial charge in [0, 0.05) is 25.3 Å². The summed E-state index contributed by atoms with van der Waals surface area (Å²) in [6, 6.07) is 0. The van der Waals surface area contributed by atoms with E-state index in [0.29, 0.717) is 12.2 Å². The average Bonchev–Trinajstić information content (AvgIpc) is 2.33. The van der Waals surface area contributed by atoms with Gasteiger partial charge in [0.2, 0.25) is 12.3 Å². The molecule has 0 radical (unpaired) electrons. The summed E-state index contributed by atoms with van der Waals surface area (Å²) in [7, 11) is 1.13. The topological polar surface area (TPSA) is 102 Å². The molecule has 17 heavy (non-hydrogen) atoms. The van der Waals surface area contributed by atoms with Gasteiger partial charge < -0.3 is 15.4 Å². The molecule has 0 saturated carbocycles. The highest BCUT2D eigenvalue weighted by atomic mass is 32.2. The van der Waals surface area contributed by atoms with Crippen LogP contribution in [0.15, 0.2) is 0 Å². The lowest BCUT2D eigenvalue weighted by Gasteiger charge is -2.03. The van der Waals surface area contributed by atoms with Crippen LogP contribution in [0.2, 0.25) is 0 Å². The second-order valence-electron chi connectivity index (χ2n) is 2.80. The molecule has 0 aromatic heterocycles. The van der Waals surface area contributed by atoms with Crippen molar-refractivity contribution in [1.82, 2.24) is 10.6 Å². The van der Waals surface area contributed by atoms with Crippen LogP contribution in [0.4, 0.5) is 0 Å². The van der Waals surface area contributed by atoms with Gasteiger partial charge in [-0.25, -0.2) is 4.79 Å². The Labute approximate surface area is 103 Å². The fourth-order valence-electron chi connectivity index (χ4n) is 0.809. The third-order valence-electron chi connectivity index (χ3n) is 1.59. The van der Waals surface area contributed by atoms with Crippen LogP contribution in [-0.2, 0) is 23.9 Å². The Morgan fingerprint density at radius 3 is 2.59 bits per heavy atom. The minimum Gasteiger partial charge on any atom is -0.463 e. The Hall–Kier alpha value is -1.57. The molecule has 0 fully saturated rings. The Balaban J connectivity index is 3.50. The van der Waals surface area contributed by atoms with Crippen LogP contribution in [0.1, 0.15) is 6.42 Å². The summed E-state index contributed by atoms with van der Waals surface area (Å²) < 4.78 is 4.22. The zero-order valence-electron chi connectivity index (χ0n) is 9.36. The van der Waals surface area contributed by atoms with Crippen molar-refractivity contribution in [2.45, 2.75) is 6.42 Å². The first-order valence-corrected chi connectivity index (χ1v) is 5.79. The molecule has 0 unspecified atom stereocenters. The van der Waals surface area contributed by atoms with Crippen molar-refractivity contribution >= 4 is 35.2 Å². The SMILES string of the molecule is COC(=O)C(=O)SCCNC(=O)CCNC=O. The molecule has 0 spiro atoms. The second-order valence-corrected chi connectivity index (χ2v) is 3.87. The molecule has 96 valence electrons. The van der Waals surface area contributed by atoms with E-state index in [9.17, 15) is 19.2 Å². The van der Waals surface area contributed by atoms with Gasteiger partial charge in [-0.1, -0.05) is 11.8 Å². The van der Waals surface area contributed by atoms with Crippen molar-refractivity contribution in [3.8, 4) is 0 Å². The fourth-order valence-corrected chi connectivity index (χ4v) is 1.40. The minimum atomic E-state index is -0.906. The van der Waals surface area contributed by atoms with Gasteiger partial charge in [0.05, 0.1) is 7.11 Å². The van der Waals surface area contributed by atoms with Gasteiger partial charge in [-0.15, -0.1) is 0 Å². The van der Waals surface area contributed by atoms with E-state index >= 15 is 0 Å². The molecule has 2 amide bonds. The summed E-state index contributed by atoms with van der Waals surface area (Å²) in [5.74, 6) is -0.845. The van der Waals surface area contributed by atoms with Gasteiger partial charge >= 0.3 is 5.97 Å². The maximum absolute atomic E-state index is 11.1. The molecule has 2 N–H and O–H groups in total. The van der Waals surface area contributed by atoms with Crippen molar-refractivity contribution in [1.29, 1.82) is 0 Å². The van der Waals surface area contributed by atoms with Gasteiger partial charge in [-0.3, -0.25) is 14.4 Å². The summed E-state index contributed by atoms with van der Waals surface area (Å²) in [5, 5.41) is 4.19. The van der Waals surface area contributed by atoms with Gasteiger partial charge in [0.15, 0.2) is 0 Å². The summed E-state index contributed by atoms with van der Waals surface area (Å²) in [4.78, 5) is 42.6. The van der Waals surface area contributed by atoms with Crippen molar-refractivity contribution in [2.75, 3.05) is 26.0 Å². The predicted molar refractivity (Wildman–Crippen MR) is 61.2 cm³/mol. The molecule has 0 aliphatic rings. The first-order valence-electron chi connectivity index (χ1n) is 4.80. The van der Waals surface area contributed by atoms with Gasteiger partial charge in [-0.05, 0) is 0 Å².